The van der Waals surface area contributed by atoms with E-state index in [4.69, 9.17) is 0 Å². The smallest absolute Gasteiger partial charge is 0.276 e. The fourth-order valence-electron chi connectivity index (χ4n) is 3.46. The highest BCUT2D eigenvalue weighted by molar-refractivity contribution is 7.99. The van der Waals surface area contributed by atoms with Crippen LogP contribution in [0.2, 0.25) is 0 Å². The molecule has 4 aromatic rings. The normalized spacial score (nSPS) is 10.9. The average Bonchev–Trinajstić information content (AvgIpc) is 3.21. The second-order valence-corrected chi connectivity index (χ2v) is 9.47. The number of aromatic nitrogens is 2. The highest BCUT2D eigenvalue weighted by Crippen LogP contribution is 2.25. The van der Waals surface area contributed by atoms with Crippen molar-refractivity contribution in [2.24, 2.45) is 0 Å². The molecule has 0 aliphatic heterocycles. The lowest BCUT2D eigenvalue weighted by Crippen LogP contribution is -2.22. The van der Waals surface area contributed by atoms with Crippen molar-refractivity contribution in [3.8, 4) is 5.69 Å². The zero-order chi connectivity index (χ0) is 23.5. The fourth-order valence-corrected chi connectivity index (χ4v) is 5.04. The van der Waals surface area contributed by atoms with Crippen LogP contribution in [0.25, 0.3) is 15.9 Å². The van der Waals surface area contributed by atoms with Gasteiger partial charge in [0.1, 0.15) is 4.70 Å². The summed E-state index contributed by atoms with van der Waals surface area (Å²) in [7, 11) is 0. The van der Waals surface area contributed by atoms with Gasteiger partial charge in [0.25, 0.3) is 5.56 Å². The van der Waals surface area contributed by atoms with Crippen LogP contribution in [0.15, 0.2) is 63.9 Å². The first-order valence-corrected chi connectivity index (χ1v) is 12.1. The lowest BCUT2D eigenvalue weighted by atomic mass is 10.1. The van der Waals surface area contributed by atoms with Crippen molar-refractivity contribution >= 4 is 56.5 Å². The van der Waals surface area contributed by atoms with Gasteiger partial charge in [0, 0.05) is 18.3 Å². The second-order valence-electron chi connectivity index (χ2n) is 7.61. The Hall–Kier alpha value is -3.43. The Labute approximate surface area is 198 Å². The van der Waals surface area contributed by atoms with Crippen LogP contribution in [0.4, 0.5) is 11.4 Å². The average molecular weight is 479 g/mol. The lowest BCUT2D eigenvalue weighted by molar-refractivity contribution is -0.114. The SMILES string of the molecule is CC(=O)Nc1ccc(NC(=O)CSc2nc3ccsc3c(=O)n2-c2cc(C)cc(C)c2)cc1. The van der Waals surface area contributed by atoms with Gasteiger partial charge in [-0.3, -0.25) is 19.0 Å². The third-order valence-electron chi connectivity index (χ3n) is 4.74. The number of aryl methyl sites for hydroxylation is 2. The summed E-state index contributed by atoms with van der Waals surface area (Å²) in [5.41, 5.74) is 4.57. The van der Waals surface area contributed by atoms with Gasteiger partial charge in [-0.1, -0.05) is 17.8 Å². The number of carbonyl (C=O) groups excluding carboxylic acids is 2. The Bertz CT molecular complexity index is 1390. The molecule has 0 aliphatic rings. The first-order chi connectivity index (χ1) is 15.8. The number of amides is 2. The number of thioether (sulfide) groups is 1. The summed E-state index contributed by atoms with van der Waals surface area (Å²) >= 11 is 2.57. The van der Waals surface area contributed by atoms with Crippen molar-refractivity contribution in [3.63, 3.8) is 0 Å². The molecule has 9 heteroatoms. The number of carbonyl (C=O) groups is 2. The Morgan fingerprint density at radius 1 is 1.00 bits per heavy atom. The summed E-state index contributed by atoms with van der Waals surface area (Å²) in [5, 5.41) is 7.82. The summed E-state index contributed by atoms with van der Waals surface area (Å²) in [5.74, 6) is -0.299. The maximum Gasteiger partial charge on any atom is 0.276 e. The summed E-state index contributed by atoms with van der Waals surface area (Å²) in [4.78, 5) is 41.7. The molecule has 0 aliphatic carbocycles. The lowest BCUT2D eigenvalue weighted by Gasteiger charge is -2.13. The molecule has 2 heterocycles. The predicted molar refractivity (Wildman–Crippen MR) is 135 cm³/mol. The van der Waals surface area contributed by atoms with Crippen molar-refractivity contribution in [1.82, 2.24) is 9.55 Å². The van der Waals surface area contributed by atoms with E-state index in [1.54, 1.807) is 28.8 Å². The maximum absolute atomic E-state index is 13.3. The van der Waals surface area contributed by atoms with Crippen LogP contribution in [-0.4, -0.2) is 27.1 Å². The molecule has 2 N–H and O–H groups in total. The van der Waals surface area contributed by atoms with E-state index in [9.17, 15) is 14.4 Å². The van der Waals surface area contributed by atoms with Crippen LogP contribution >= 0.6 is 23.1 Å². The van der Waals surface area contributed by atoms with Gasteiger partial charge in [-0.15, -0.1) is 11.3 Å². The Kier molecular flexibility index (Phi) is 6.62. The van der Waals surface area contributed by atoms with E-state index in [1.807, 2.05) is 43.5 Å². The fraction of sp³-hybridized carbons (Fsp3) is 0.167. The standard InChI is InChI=1S/C24H22N4O3S2/c1-14-10-15(2)12-19(11-14)28-23(31)22-20(8-9-32-22)27-24(28)33-13-21(30)26-18-6-4-17(5-7-18)25-16(3)29/h4-12H,13H2,1-3H3,(H,25,29)(H,26,30). The van der Waals surface area contributed by atoms with E-state index in [-0.39, 0.29) is 23.1 Å². The van der Waals surface area contributed by atoms with Crippen LogP contribution in [0.5, 0.6) is 0 Å². The number of hydrogen-bond donors (Lipinski definition) is 2. The van der Waals surface area contributed by atoms with Gasteiger partial charge in [0.2, 0.25) is 11.8 Å². The maximum atomic E-state index is 13.3. The van der Waals surface area contributed by atoms with Crippen molar-refractivity contribution in [2.75, 3.05) is 16.4 Å². The molecule has 4 rings (SSSR count). The first kappa shape index (κ1) is 22.8. The van der Waals surface area contributed by atoms with E-state index in [2.05, 4.69) is 15.6 Å². The molecule has 2 aromatic heterocycles. The molecule has 0 saturated heterocycles. The van der Waals surface area contributed by atoms with Crippen LogP contribution in [0, 0.1) is 13.8 Å². The minimum Gasteiger partial charge on any atom is -0.326 e. The molecule has 168 valence electrons. The molecule has 0 spiro atoms. The van der Waals surface area contributed by atoms with Gasteiger partial charge in [-0.2, -0.15) is 0 Å². The molecule has 2 aromatic carbocycles. The third-order valence-corrected chi connectivity index (χ3v) is 6.57. The van der Waals surface area contributed by atoms with E-state index in [0.29, 0.717) is 26.7 Å². The van der Waals surface area contributed by atoms with Crippen molar-refractivity contribution < 1.29 is 9.59 Å². The first-order valence-electron chi connectivity index (χ1n) is 10.2. The second kappa shape index (κ2) is 9.60. The van der Waals surface area contributed by atoms with Gasteiger partial charge in [-0.05, 0) is 72.8 Å². The largest absolute Gasteiger partial charge is 0.326 e. The molecule has 7 nitrogen and oxygen atoms in total. The van der Waals surface area contributed by atoms with E-state index in [0.717, 1.165) is 16.8 Å². The van der Waals surface area contributed by atoms with Crippen LogP contribution < -0.4 is 16.2 Å². The number of benzene rings is 2. The third kappa shape index (κ3) is 5.32. The summed E-state index contributed by atoms with van der Waals surface area (Å²) in [6.07, 6.45) is 0. The predicted octanol–water partition coefficient (Wildman–Crippen LogP) is 4.75. The Morgan fingerprint density at radius 3 is 2.27 bits per heavy atom. The number of nitrogens with one attached hydrogen (secondary N) is 2. The van der Waals surface area contributed by atoms with Crippen LogP contribution in [0.1, 0.15) is 18.1 Å². The molecule has 0 fully saturated rings. The van der Waals surface area contributed by atoms with Gasteiger partial charge in [0.15, 0.2) is 5.16 Å². The molecule has 0 atom stereocenters. The summed E-state index contributed by atoms with van der Waals surface area (Å²) < 4.78 is 2.17. The zero-order valence-corrected chi connectivity index (χ0v) is 20.0. The van der Waals surface area contributed by atoms with Gasteiger partial charge < -0.3 is 10.6 Å². The van der Waals surface area contributed by atoms with Crippen molar-refractivity contribution in [3.05, 3.63) is 75.4 Å². The molecular formula is C24H22N4O3S2. The molecule has 0 saturated carbocycles. The quantitative estimate of drug-likeness (QED) is 0.308. The van der Waals surface area contributed by atoms with Crippen LogP contribution in [0.3, 0.4) is 0 Å². The van der Waals surface area contributed by atoms with E-state index in [1.165, 1.54) is 30.0 Å². The monoisotopic (exact) mass is 478 g/mol. The number of fused-ring (bicyclic) bond motifs is 1. The molecule has 0 bridgehead atoms. The van der Waals surface area contributed by atoms with Gasteiger partial charge in [0.05, 0.1) is 17.0 Å². The molecular weight excluding hydrogens is 456 g/mol. The highest BCUT2D eigenvalue weighted by atomic mass is 32.2. The molecule has 33 heavy (non-hydrogen) atoms. The Balaban J connectivity index is 1.57. The van der Waals surface area contributed by atoms with Crippen molar-refractivity contribution in [1.29, 1.82) is 0 Å². The van der Waals surface area contributed by atoms with Gasteiger partial charge >= 0.3 is 0 Å². The molecule has 2 amide bonds. The van der Waals surface area contributed by atoms with Gasteiger partial charge in [-0.25, -0.2) is 4.98 Å². The van der Waals surface area contributed by atoms with E-state index < -0.39 is 0 Å². The Morgan fingerprint density at radius 2 is 1.64 bits per heavy atom. The highest BCUT2D eigenvalue weighted by Gasteiger charge is 2.16. The van der Waals surface area contributed by atoms with Crippen LogP contribution in [-0.2, 0) is 9.59 Å². The molecule has 0 unspecified atom stereocenters. The number of rotatable bonds is 6. The molecule has 0 radical (unpaired) electrons. The summed E-state index contributed by atoms with van der Waals surface area (Å²) in [6.45, 7) is 5.40. The number of hydrogen-bond acceptors (Lipinski definition) is 6. The number of anilines is 2. The minimum absolute atomic E-state index is 0.0837. The zero-order valence-electron chi connectivity index (χ0n) is 18.3. The minimum atomic E-state index is -0.223. The number of thiophene rings is 1. The topological polar surface area (TPSA) is 93.1 Å². The summed E-state index contributed by atoms with van der Waals surface area (Å²) in [6, 6.07) is 14.6. The number of nitrogens with zero attached hydrogens (tertiary/aromatic N) is 2. The van der Waals surface area contributed by atoms with E-state index >= 15 is 0 Å². The van der Waals surface area contributed by atoms with Crippen molar-refractivity contribution in [2.45, 2.75) is 25.9 Å².